The average molecular weight is 740 g/mol. The van der Waals surface area contributed by atoms with Crippen molar-refractivity contribution in [1.29, 1.82) is 0 Å². The van der Waals surface area contributed by atoms with E-state index in [4.69, 9.17) is 19.9 Å². The summed E-state index contributed by atoms with van der Waals surface area (Å²) in [5, 5.41) is 10.6. The largest absolute Gasteiger partial charge is 0.290 e. The number of hydrogen-bond donors (Lipinski definition) is 0. The van der Waals surface area contributed by atoms with Crippen molar-refractivity contribution in [1.82, 2.24) is 24.5 Å². The summed E-state index contributed by atoms with van der Waals surface area (Å²) >= 11 is 3.33. The Morgan fingerprint density at radius 1 is 0.473 bits per heavy atom. The number of imidazole rings is 1. The van der Waals surface area contributed by atoms with Gasteiger partial charge in [-0.1, -0.05) is 115 Å². The third kappa shape index (κ3) is 5.12. The standard InChI is InChI=1S/C48H29N5S2/c1-2-16-33(17-3-1)53-46-40(36-20-10-15-30-12-4-7-18-34(30)36)42(39-22-11-28-54-39)41(38-24-23-32-14-6-9-21-37(32)51-38)43(45(46)52-47(53)48-50-27-29-55-48)44-35-19-8-5-13-31(35)25-26-49-44/h1-29H. The molecule has 0 saturated heterocycles. The maximum atomic E-state index is 5.70. The molecule has 0 aliphatic carbocycles. The Morgan fingerprint density at radius 3 is 2.05 bits per heavy atom. The van der Waals surface area contributed by atoms with Gasteiger partial charge in [0.1, 0.15) is 5.52 Å². The summed E-state index contributed by atoms with van der Waals surface area (Å²) < 4.78 is 2.31. The van der Waals surface area contributed by atoms with Crippen LogP contribution in [0.1, 0.15) is 0 Å². The van der Waals surface area contributed by atoms with Crippen LogP contribution in [-0.2, 0) is 0 Å². The van der Waals surface area contributed by atoms with Crippen molar-refractivity contribution in [2.75, 3.05) is 0 Å². The minimum absolute atomic E-state index is 0.778. The lowest BCUT2D eigenvalue weighted by Gasteiger charge is -2.23. The van der Waals surface area contributed by atoms with Gasteiger partial charge in [-0.25, -0.2) is 15.0 Å². The molecule has 0 atom stereocenters. The molecule has 0 bridgehead atoms. The molecule has 11 aromatic rings. The van der Waals surface area contributed by atoms with E-state index in [-0.39, 0.29) is 0 Å². The Morgan fingerprint density at radius 2 is 1.24 bits per heavy atom. The van der Waals surface area contributed by atoms with Gasteiger partial charge in [0.15, 0.2) is 10.8 Å². The fourth-order valence-corrected chi connectivity index (χ4v) is 9.40. The van der Waals surface area contributed by atoms with Crippen molar-refractivity contribution in [3.05, 3.63) is 175 Å². The maximum absolute atomic E-state index is 5.70. The fourth-order valence-electron chi connectivity index (χ4n) is 8.00. The van der Waals surface area contributed by atoms with E-state index in [1.165, 1.54) is 5.39 Å². The van der Waals surface area contributed by atoms with Crippen LogP contribution >= 0.6 is 22.7 Å². The molecule has 5 heterocycles. The number of thiophene rings is 1. The van der Waals surface area contributed by atoms with Crippen LogP contribution in [-0.4, -0.2) is 24.5 Å². The minimum atomic E-state index is 0.778. The van der Waals surface area contributed by atoms with Crippen LogP contribution in [0.2, 0.25) is 0 Å². The first kappa shape index (κ1) is 31.7. The highest BCUT2D eigenvalue weighted by Gasteiger charge is 2.32. The quantitative estimate of drug-likeness (QED) is 0.170. The minimum Gasteiger partial charge on any atom is -0.290 e. The second kappa shape index (κ2) is 13.0. The highest BCUT2D eigenvalue weighted by molar-refractivity contribution is 7.13. The number of aromatic nitrogens is 5. The first-order valence-corrected chi connectivity index (χ1v) is 19.9. The SMILES string of the molecule is c1ccc(-n2c(-c3nccs3)nc3c(-c4nccc5ccccc45)c(-c4ccc5ccccc5n4)c(-c4cccs4)c(-c4cccc5ccccc45)c32)cc1. The van der Waals surface area contributed by atoms with Gasteiger partial charge >= 0.3 is 0 Å². The van der Waals surface area contributed by atoms with Gasteiger partial charge in [-0.2, -0.15) is 0 Å². The van der Waals surface area contributed by atoms with Crippen molar-refractivity contribution < 1.29 is 0 Å². The van der Waals surface area contributed by atoms with Gasteiger partial charge < -0.3 is 0 Å². The molecule has 0 aliphatic rings. The van der Waals surface area contributed by atoms with E-state index in [0.717, 1.165) is 98.7 Å². The summed E-state index contributed by atoms with van der Waals surface area (Å²) in [4.78, 5) is 22.4. The lowest BCUT2D eigenvalue weighted by Crippen LogP contribution is -2.03. The van der Waals surface area contributed by atoms with E-state index in [1.54, 1.807) is 22.7 Å². The van der Waals surface area contributed by atoms with Gasteiger partial charge in [-0.15, -0.1) is 22.7 Å². The molecular formula is C48H29N5S2. The van der Waals surface area contributed by atoms with Crippen molar-refractivity contribution in [2.45, 2.75) is 0 Å². The van der Waals surface area contributed by atoms with Gasteiger partial charge in [0.2, 0.25) is 0 Å². The molecule has 0 fully saturated rings. The van der Waals surface area contributed by atoms with Crippen LogP contribution in [0.5, 0.6) is 0 Å². The number of rotatable bonds is 6. The van der Waals surface area contributed by atoms with Crippen molar-refractivity contribution >= 4 is 66.2 Å². The van der Waals surface area contributed by atoms with Crippen LogP contribution in [0.4, 0.5) is 0 Å². The highest BCUT2D eigenvalue weighted by atomic mass is 32.1. The third-order valence-corrected chi connectivity index (χ3v) is 12.0. The summed E-state index contributed by atoms with van der Waals surface area (Å²) in [7, 11) is 0. The van der Waals surface area contributed by atoms with Crippen LogP contribution in [0.3, 0.4) is 0 Å². The van der Waals surface area contributed by atoms with Gasteiger partial charge in [-0.05, 0) is 63.5 Å². The monoisotopic (exact) mass is 739 g/mol. The molecule has 5 aromatic heterocycles. The maximum Gasteiger partial charge on any atom is 0.175 e. The number of fused-ring (bicyclic) bond motifs is 4. The van der Waals surface area contributed by atoms with E-state index in [9.17, 15) is 0 Å². The molecule has 7 heteroatoms. The van der Waals surface area contributed by atoms with E-state index in [1.807, 2.05) is 17.8 Å². The summed E-state index contributed by atoms with van der Waals surface area (Å²) in [5.74, 6) is 0.778. The summed E-state index contributed by atoms with van der Waals surface area (Å²) in [6.45, 7) is 0. The highest BCUT2D eigenvalue weighted by Crippen LogP contribution is 2.54. The predicted octanol–water partition coefficient (Wildman–Crippen LogP) is 13.1. The number of thiazole rings is 1. The first-order chi connectivity index (χ1) is 27.3. The van der Waals surface area contributed by atoms with Crippen LogP contribution in [0.15, 0.2) is 175 Å². The van der Waals surface area contributed by atoms with Crippen LogP contribution in [0.25, 0.3) is 104 Å². The normalized spacial score (nSPS) is 11.6. The lowest BCUT2D eigenvalue weighted by atomic mass is 9.84. The number of pyridine rings is 2. The second-order valence-electron chi connectivity index (χ2n) is 13.4. The number of hydrogen-bond acceptors (Lipinski definition) is 6. The Balaban J connectivity index is 1.46. The Bertz CT molecular complexity index is 3190. The molecule has 0 unspecified atom stereocenters. The topological polar surface area (TPSA) is 56.5 Å². The molecule has 11 rings (SSSR count). The van der Waals surface area contributed by atoms with E-state index in [2.05, 4.69) is 162 Å². The van der Waals surface area contributed by atoms with Crippen LogP contribution < -0.4 is 0 Å². The number of benzene rings is 6. The Hall–Kier alpha value is -6.80. The zero-order valence-corrected chi connectivity index (χ0v) is 30.9. The first-order valence-electron chi connectivity index (χ1n) is 18.1. The van der Waals surface area contributed by atoms with Crippen LogP contribution in [0, 0.1) is 0 Å². The molecule has 0 radical (unpaired) electrons. The van der Waals surface area contributed by atoms with Crippen molar-refractivity contribution in [3.8, 4) is 60.6 Å². The lowest BCUT2D eigenvalue weighted by molar-refractivity contribution is 1.10. The van der Waals surface area contributed by atoms with E-state index < -0.39 is 0 Å². The molecule has 0 spiro atoms. The smallest absolute Gasteiger partial charge is 0.175 e. The summed E-state index contributed by atoms with van der Waals surface area (Å²) in [6, 6.07) is 53.4. The van der Waals surface area contributed by atoms with Gasteiger partial charge in [0.05, 0.1) is 22.4 Å². The Labute approximate surface area is 324 Å². The van der Waals surface area contributed by atoms with Crippen molar-refractivity contribution in [3.63, 3.8) is 0 Å². The molecule has 5 nitrogen and oxygen atoms in total. The Kier molecular flexibility index (Phi) is 7.46. The number of para-hydroxylation sites is 2. The molecular weight excluding hydrogens is 711 g/mol. The van der Waals surface area contributed by atoms with Crippen molar-refractivity contribution in [2.24, 2.45) is 0 Å². The average Bonchev–Trinajstić information content (AvgIpc) is 4.05. The zero-order chi connectivity index (χ0) is 36.3. The molecule has 0 saturated carbocycles. The number of nitrogens with zero attached hydrogens (tertiary/aromatic N) is 5. The molecule has 0 aliphatic heterocycles. The molecule has 6 aromatic carbocycles. The van der Waals surface area contributed by atoms with E-state index in [0.29, 0.717) is 0 Å². The van der Waals surface area contributed by atoms with Gasteiger partial charge in [-0.3, -0.25) is 9.55 Å². The summed E-state index contributed by atoms with van der Waals surface area (Å²) in [6.07, 6.45) is 3.77. The van der Waals surface area contributed by atoms with Gasteiger partial charge in [0, 0.05) is 61.4 Å². The molecule has 0 amide bonds. The fraction of sp³-hybridized carbons (Fsp3) is 0. The van der Waals surface area contributed by atoms with E-state index >= 15 is 0 Å². The zero-order valence-electron chi connectivity index (χ0n) is 29.3. The summed E-state index contributed by atoms with van der Waals surface area (Å²) in [5.41, 5.74) is 10.7. The molecule has 0 N–H and O–H groups in total. The predicted molar refractivity (Wildman–Crippen MR) is 230 cm³/mol. The molecule has 258 valence electrons. The third-order valence-electron chi connectivity index (χ3n) is 10.3. The second-order valence-corrected chi connectivity index (χ2v) is 15.3. The molecule has 55 heavy (non-hydrogen) atoms. The van der Waals surface area contributed by atoms with Gasteiger partial charge in [0.25, 0.3) is 0 Å².